The fraction of sp³-hybridized carbons (Fsp3) is 0.929. The highest BCUT2D eigenvalue weighted by Crippen LogP contribution is 2.43. The second kappa shape index (κ2) is 7.32. The Morgan fingerprint density at radius 2 is 1.41 bits per heavy atom. The monoisotopic (exact) mass is 258 g/mol. The van der Waals surface area contributed by atoms with Crippen LogP contribution in [0.15, 0.2) is 0 Å². The van der Waals surface area contributed by atoms with E-state index < -0.39 is 8.32 Å². The topological polar surface area (TPSA) is 26.3 Å². The van der Waals surface area contributed by atoms with Gasteiger partial charge >= 0.3 is 0 Å². The summed E-state index contributed by atoms with van der Waals surface area (Å²) in [5.74, 6) is 0. The van der Waals surface area contributed by atoms with Crippen LogP contribution in [0.5, 0.6) is 0 Å². The van der Waals surface area contributed by atoms with Gasteiger partial charge in [0.05, 0.1) is 0 Å². The average molecular weight is 258 g/mol. The van der Waals surface area contributed by atoms with Gasteiger partial charge in [0.1, 0.15) is 12.4 Å². The number of rotatable bonds is 8. The fourth-order valence-corrected chi connectivity index (χ4v) is 8.62. The third-order valence-corrected chi connectivity index (χ3v) is 9.91. The molecule has 0 aliphatic carbocycles. The zero-order valence-electron chi connectivity index (χ0n) is 12.6. The zero-order chi connectivity index (χ0) is 13.6. The first-order chi connectivity index (χ1) is 7.82. The molecule has 0 saturated carbocycles. The summed E-state index contributed by atoms with van der Waals surface area (Å²) >= 11 is 0. The Morgan fingerprint density at radius 3 is 1.65 bits per heavy atom. The van der Waals surface area contributed by atoms with Crippen LogP contribution >= 0.6 is 0 Å². The minimum absolute atomic E-state index is 0.195. The molecule has 0 aliphatic rings. The van der Waals surface area contributed by atoms with Gasteiger partial charge in [0.15, 0.2) is 0 Å². The van der Waals surface area contributed by atoms with E-state index in [1.54, 1.807) is 0 Å². The Morgan fingerprint density at radius 1 is 1.00 bits per heavy atom. The first-order valence-electron chi connectivity index (χ1n) is 6.95. The van der Waals surface area contributed by atoms with Crippen LogP contribution in [-0.2, 0) is 9.22 Å². The van der Waals surface area contributed by atoms with E-state index in [1.165, 1.54) is 0 Å². The summed E-state index contributed by atoms with van der Waals surface area (Å²) < 4.78 is 6.38. The first-order valence-corrected chi connectivity index (χ1v) is 9.09. The molecule has 102 valence electrons. The van der Waals surface area contributed by atoms with Gasteiger partial charge < -0.3 is 9.22 Å². The molecular weight excluding hydrogens is 228 g/mol. The van der Waals surface area contributed by atoms with Crippen molar-refractivity contribution >= 4 is 14.6 Å². The van der Waals surface area contributed by atoms with Gasteiger partial charge in [-0.3, -0.25) is 0 Å². The predicted molar refractivity (Wildman–Crippen MR) is 76.9 cm³/mol. The molecule has 0 saturated heterocycles. The third-order valence-electron chi connectivity index (χ3n) is 3.79. The second-order valence-electron chi connectivity index (χ2n) is 5.90. The van der Waals surface area contributed by atoms with Gasteiger partial charge in [-0.05, 0) is 23.0 Å². The molecule has 0 fully saturated rings. The number of aldehydes is 1. The lowest BCUT2D eigenvalue weighted by Crippen LogP contribution is -2.50. The van der Waals surface area contributed by atoms with Gasteiger partial charge in [0.25, 0.3) is 0 Å². The summed E-state index contributed by atoms with van der Waals surface area (Å²) in [7, 11) is -1.88. The normalized spacial score (nSPS) is 14.7. The SMILES string of the molecule is CCCC(C=O)O[Si](C(C)C)(C(C)C)C(C)C. The Balaban J connectivity index is 5.09. The van der Waals surface area contributed by atoms with Gasteiger partial charge in [-0.15, -0.1) is 0 Å². The van der Waals surface area contributed by atoms with Crippen LogP contribution in [0.4, 0.5) is 0 Å². The number of hydrogen-bond donors (Lipinski definition) is 0. The largest absolute Gasteiger partial charge is 0.406 e. The molecule has 1 unspecified atom stereocenters. The molecule has 0 N–H and O–H groups in total. The predicted octanol–water partition coefficient (Wildman–Crippen LogP) is 4.55. The Hall–Kier alpha value is -0.153. The maximum Gasteiger partial charge on any atom is 0.201 e. The first kappa shape index (κ1) is 16.8. The summed E-state index contributed by atoms with van der Waals surface area (Å²) in [6, 6.07) is 0. The zero-order valence-corrected chi connectivity index (χ0v) is 13.6. The van der Waals surface area contributed by atoms with Gasteiger partial charge in [0.2, 0.25) is 8.32 Å². The van der Waals surface area contributed by atoms with Gasteiger partial charge in [-0.25, -0.2) is 0 Å². The number of carbonyl (C=O) groups excluding carboxylic acids is 1. The molecule has 0 heterocycles. The van der Waals surface area contributed by atoms with Crippen molar-refractivity contribution in [2.24, 2.45) is 0 Å². The lowest BCUT2D eigenvalue weighted by Gasteiger charge is -2.43. The van der Waals surface area contributed by atoms with E-state index in [9.17, 15) is 4.79 Å². The van der Waals surface area contributed by atoms with Crippen LogP contribution in [0.3, 0.4) is 0 Å². The number of carbonyl (C=O) groups is 1. The van der Waals surface area contributed by atoms with E-state index >= 15 is 0 Å². The maximum absolute atomic E-state index is 11.1. The van der Waals surface area contributed by atoms with E-state index in [0.29, 0.717) is 16.6 Å². The summed E-state index contributed by atoms with van der Waals surface area (Å²) in [5.41, 5.74) is 1.63. The van der Waals surface area contributed by atoms with Crippen LogP contribution in [-0.4, -0.2) is 20.7 Å². The molecule has 0 aliphatic heterocycles. The summed E-state index contributed by atoms with van der Waals surface area (Å²) in [6.07, 6.45) is 2.66. The van der Waals surface area contributed by atoms with Crippen LogP contribution in [0.25, 0.3) is 0 Å². The van der Waals surface area contributed by atoms with Crippen LogP contribution < -0.4 is 0 Å². The highest BCUT2D eigenvalue weighted by atomic mass is 28.4. The van der Waals surface area contributed by atoms with Gasteiger partial charge in [-0.1, -0.05) is 54.9 Å². The van der Waals surface area contributed by atoms with E-state index in [-0.39, 0.29) is 6.10 Å². The van der Waals surface area contributed by atoms with Crippen molar-refractivity contribution in [1.29, 1.82) is 0 Å². The molecule has 1 atom stereocenters. The van der Waals surface area contributed by atoms with Gasteiger partial charge in [-0.2, -0.15) is 0 Å². The molecule has 0 aromatic rings. The quantitative estimate of drug-likeness (QED) is 0.472. The smallest absolute Gasteiger partial charge is 0.201 e. The maximum atomic E-state index is 11.1. The van der Waals surface area contributed by atoms with Crippen molar-refractivity contribution in [2.75, 3.05) is 0 Å². The van der Waals surface area contributed by atoms with Crippen molar-refractivity contribution < 1.29 is 9.22 Å². The Kier molecular flexibility index (Phi) is 7.25. The highest BCUT2D eigenvalue weighted by molar-refractivity contribution is 6.77. The molecule has 0 amide bonds. The lowest BCUT2D eigenvalue weighted by atomic mass is 10.2. The third kappa shape index (κ3) is 3.92. The molecule has 0 aromatic carbocycles. The average Bonchev–Trinajstić information content (AvgIpc) is 2.22. The van der Waals surface area contributed by atoms with E-state index in [2.05, 4.69) is 48.5 Å². The molecule has 0 radical (unpaired) electrons. The summed E-state index contributed by atoms with van der Waals surface area (Å²) in [6.45, 7) is 15.6. The van der Waals surface area contributed by atoms with Crippen LogP contribution in [0.2, 0.25) is 16.6 Å². The lowest BCUT2D eigenvalue weighted by molar-refractivity contribution is -0.114. The van der Waals surface area contributed by atoms with E-state index in [1.807, 2.05) is 0 Å². The van der Waals surface area contributed by atoms with Crippen molar-refractivity contribution in [3.05, 3.63) is 0 Å². The van der Waals surface area contributed by atoms with Crippen LogP contribution in [0.1, 0.15) is 61.3 Å². The van der Waals surface area contributed by atoms with Crippen molar-refractivity contribution in [3.63, 3.8) is 0 Å². The van der Waals surface area contributed by atoms with Crippen molar-refractivity contribution in [2.45, 2.75) is 84.0 Å². The van der Waals surface area contributed by atoms with Gasteiger partial charge in [0, 0.05) is 0 Å². The minimum Gasteiger partial charge on any atom is -0.406 e. The summed E-state index contributed by atoms with van der Waals surface area (Å²) in [5, 5.41) is 0. The molecule has 3 heteroatoms. The van der Waals surface area contributed by atoms with Crippen molar-refractivity contribution in [1.82, 2.24) is 0 Å². The standard InChI is InChI=1S/C14H30O2Si/c1-8-9-14(10-15)16-17(11(2)3,12(4)5)13(6)7/h10-14H,8-9H2,1-7H3. The molecule has 0 bridgehead atoms. The molecule has 17 heavy (non-hydrogen) atoms. The fourth-order valence-electron chi connectivity index (χ4n) is 3.11. The molecule has 2 nitrogen and oxygen atoms in total. The molecule has 0 rings (SSSR count). The minimum atomic E-state index is -1.88. The number of hydrogen-bond acceptors (Lipinski definition) is 2. The van der Waals surface area contributed by atoms with E-state index in [0.717, 1.165) is 19.1 Å². The van der Waals surface area contributed by atoms with Crippen LogP contribution in [0, 0.1) is 0 Å². The van der Waals surface area contributed by atoms with E-state index in [4.69, 9.17) is 4.43 Å². The molecule has 0 spiro atoms. The highest BCUT2D eigenvalue weighted by Gasteiger charge is 2.46. The Labute approximate surface area is 108 Å². The van der Waals surface area contributed by atoms with Crippen molar-refractivity contribution in [3.8, 4) is 0 Å². The second-order valence-corrected chi connectivity index (χ2v) is 11.3. The summed E-state index contributed by atoms with van der Waals surface area (Å²) in [4.78, 5) is 11.1. The molecule has 0 aromatic heterocycles. The Bertz CT molecular complexity index is 202. The molecular formula is C14H30O2Si.